The second-order valence-electron chi connectivity index (χ2n) is 5.13. The molecule has 0 aliphatic rings. The first-order valence-corrected chi connectivity index (χ1v) is 6.81. The van der Waals surface area contributed by atoms with Crippen molar-refractivity contribution in [1.29, 1.82) is 0 Å². The lowest BCUT2D eigenvalue weighted by Gasteiger charge is -2.19. The van der Waals surface area contributed by atoms with Gasteiger partial charge in [0.25, 0.3) is 0 Å². The first kappa shape index (κ1) is 13.0. The molecule has 0 saturated carbocycles. The van der Waals surface area contributed by atoms with Crippen LogP contribution in [-0.4, -0.2) is 11.0 Å². The van der Waals surface area contributed by atoms with Gasteiger partial charge in [0.2, 0.25) is 0 Å². The van der Waals surface area contributed by atoms with Crippen LogP contribution in [0.4, 0.5) is 0 Å². The van der Waals surface area contributed by atoms with E-state index in [4.69, 9.17) is 5.73 Å². The molecule has 18 heavy (non-hydrogen) atoms. The number of rotatable bonds is 5. The second-order valence-corrected chi connectivity index (χ2v) is 5.13. The summed E-state index contributed by atoms with van der Waals surface area (Å²) >= 11 is 0. The van der Waals surface area contributed by atoms with E-state index >= 15 is 0 Å². The molecule has 1 heterocycles. The number of nitrogens with two attached hydrogens (primary N) is 1. The number of para-hydroxylation sites is 1. The summed E-state index contributed by atoms with van der Waals surface area (Å²) in [6, 6.07) is 12.7. The fraction of sp³-hybridized carbons (Fsp3) is 0.438. The average Bonchev–Trinajstić information content (AvgIpc) is 2.39. The van der Waals surface area contributed by atoms with Gasteiger partial charge in [-0.15, -0.1) is 0 Å². The summed E-state index contributed by atoms with van der Waals surface area (Å²) in [5.41, 5.74) is 8.40. The normalized spacial score (nSPS) is 14.6. The Morgan fingerprint density at radius 1 is 1.17 bits per heavy atom. The molecule has 2 nitrogen and oxygen atoms in total. The molecule has 0 amide bonds. The molecule has 0 fully saturated rings. The van der Waals surface area contributed by atoms with E-state index in [2.05, 4.69) is 43.1 Å². The lowest BCUT2D eigenvalue weighted by Crippen LogP contribution is -2.30. The Morgan fingerprint density at radius 2 is 1.94 bits per heavy atom. The summed E-state index contributed by atoms with van der Waals surface area (Å²) in [7, 11) is 0. The van der Waals surface area contributed by atoms with Gasteiger partial charge in [0.05, 0.1) is 5.52 Å². The highest BCUT2D eigenvalue weighted by atomic mass is 14.7. The van der Waals surface area contributed by atoms with E-state index in [9.17, 15) is 0 Å². The van der Waals surface area contributed by atoms with Crippen LogP contribution >= 0.6 is 0 Å². The summed E-state index contributed by atoms with van der Waals surface area (Å²) in [4.78, 5) is 4.68. The predicted octanol–water partition coefficient (Wildman–Crippen LogP) is 3.54. The first-order valence-electron chi connectivity index (χ1n) is 6.81. The van der Waals surface area contributed by atoms with Gasteiger partial charge in [0.15, 0.2) is 0 Å². The summed E-state index contributed by atoms with van der Waals surface area (Å²) in [5, 5.41) is 1.19. The van der Waals surface area contributed by atoms with Crippen molar-refractivity contribution in [2.75, 3.05) is 0 Å². The number of nitrogens with zero attached hydrogens (tertiary/aromatic N) is 1. The van der Waals surface area contributed by atoms with Crippen LogP contribution in [0.15, 0.2) is 36.4 Å². The molecule has 2 rings (SSSR count). The molecule has 0 aliphatic carbocycles. The van der Waals surface area contributed by atoms with E-state index in [0.29, 0.717) is 5.92 Å². The van der Waals surface area contributed by atoms with Crippen LogP contribution in [0.25, 0.3) is 10.9 Å². The summed E-state index contributed by atoms with van der Waals surface area (Å²) in [6.45, 7) is 4.44. The zero-order valence-corrected chi connectivity index (χ0v) is 11.3. The third-order valence-electron chi connectivity index (χ3n) is 3.58. The standard InChI is InChI=1S/C16H22N2/c1-3-6-12(2)15(17)11-14-10-9-13-7-4-5-8-16(13)18-14/h4-5,7-10,12,15H,3,6,11,17H2,1-2H3. The van der Waals surface area contributed by atoms with E-state index in [0.717, 1.165) is 17.6 Å². The van der Waals surface area contributed by atoms with Crippen molar-refractivity contribution in [1.82, 2.24) is 4.98 Å². The maximum Gasteiger partial charge on any atom is 0.0705 e. The molecule has 0 aliphatic heterocycles. The van der Waals surface area contributed by atoms with Gasteiger partial charge in [-0.05, 0) is 24.5 Å². The van der Waals surface area contributed by atoms with Gasteiger partial charge in [-0.25, -0.2) is 0 Å². The van der Waals surface area contributed by atoms with Gasteiger partial charge in [0, 0.05) is 23.5 Å². The Hall–Kier alpha value is -1.41. The van der Waals surface area contributed by atoms with Crippen LogP contribution in [0.2, 0.25) is 0 Å². The minimum atomic E-state index is 0.207. The van der Waals surface area contributed by atoms with Gasteiger partial charge < -0.3 is 5.73 Å². The highest BCUT2D eigenvalue weighted by molar-refractivity contribution is 5.78. The van der Waals surface area contributed by atoms with Crippen LogP contribution in [0.1, 0.15) is 32.4 Å². The fourth-order valence-corrected chi connectivity index (χ4v) is 2.33. The minimum absolute atomic E-state index is 0.207. The van der Waals surface area contributed by atoms with Gasteiger partial charge in [0.1, 0.15) is 0 Å². The van der Waals surface area contributed by atoms with Crippen LogP contribution < -0.4 is 5.73 Å². The first-order chi connectivity index (χ1) is 8.70. The Balaban J connectivity index is 2.12. The third kappa shape index (κ3) is 3.08. The molecule has 1 aromatic carbocycles. The minimum Gasteiger partial charge on any atom is -0.327 e. The molecule has 2 atom stereocenters. The van der Waals surface area contributed by atoms with Crippen molar-refractivity contribution >= 4 is 10.9 Å². The lowest BCUT2D eigenvalue weighted by molar-refractivity contribution is 0.417. The molecular formula is C16H22N2. The highest BCUT2D eigenvalue weighted by Gasteiger charge is 2.13. The molecular weight excluding hydrogens is 220 g/mol. The average molecular weight is 242 g/mol. The molecule has 0 spiro atoms. The van der Waals surface area contributed by atoms with E-state index in [1.165, 1.54) is 18.2 Å². The smallest absolute Gasteiger partial charge is 0.0705 e. The molecule has 0 saturated heterocycles. The Bertz CT molecular complexity index is 507. The van der Waals surface area contributed by atoms with Crippen molar-refractivity contribution in [3.8, 4) is 0 Å². The molecule has 2 heteroatoms. The fourth-order valence-electron chi connectivity index (χ4n) is 2.33. The van der Waals surface area contributed by atoms with Crippen LogP contribution in [-0.2, 0) is 6.42 Å². The Kier molecular flexibility index (Phi) is 4.32. The van der Waals surface area contributed by atoms with Crippen molar-refractivity contribution in [2.45, 2.75) is 39.2 Å². The van der Waals surface area contributed by atoms with E-state index in [1.54, 1.807) is 0 Å². The maximum absolute atomic E-state index is 6.24. The number of hydrogen-bond acceptors (Lipinski definition) is 2. The van der Waals surface area contributed by atoms with Crippen LogP contribution in [0.3, 0.4) is 0 Å². The summed E-state index contributed by atoms with van der Waals surface area (Å²) in [5.74, 6) is 0.559. The van der Waals surface area contributed by atoms with Gasteiger partial charge in [-0.2, -0.15) is 0 Å². The Labute approximate surface area is 109 Å². The van der Waals surface area contributed by atoms with Crippen LogP contribution in [0, 0.1) is 5.92 Å². The molecule has 0 bridgehead atoms. The topological polar surface area (TPSA) is 38.9 Å². The predicted molar refractivity (Wildman–Crippen MR) is 77.5 cm³/mol. The van der Waals surface area contributed by atoms with Crippen LogP contribution in [0.5, 0.6) is 0 Å². The lowest BCUT2D eigenvalue weighted by atomic mass is 9.94. The molecule has 96 valence electrons. The van der Waals surface area contributed by atoms with Crippen molar-refractivity contribution in [3.05, 3.63) is 42.1 Å². The maximum atomic E-state index is 6.24. The number of aromatic nitrogens is 1. The quantitative estimate of drug-likeness (QED) is 0.871. The SMILES string of the molecule is CCCC(C)C(N)Cc1ccc2ccccc2n1. The van der Waals surface area contributed by atoms with E-state index in [1.807, 2.05) is 12.1 Å². The molecule has 2 unspecified atom stereocenters. The number of benzene rings is 1. The number of hydrogen-bond donors (Lipinski definition) is 1. The monoisotopic (exact) mass is 242 g/mol. The molecule has 2 N–H and O–H groups in total. The third-order valence-corrected chi connectivity index (χ3v) is 3.58. The van der Waals surface area contributed by atoms with Crippen molar-refractivity contribution in [2.24, 2.45) is 11.7 Å². The van der Waals surface area contributed by atoms with Crippen molar-refractivity contribution < 1.29 is 0 Å². The summed E-state index contributed by atoms with van der Waals surface area (Å²) in [6.07, 6.45) is 3.25. The number of fused-ring (bicyclic) bond motifs is 1. The van der Waals surface area contributed by atoms with Gasteiger partial charge >= 0.3 is 0 Å². The second kappa shape index (κ2) is 5.96. The Morgan fingerprint density at radius 3 is 2.72 bits per heavy atom. The highest BCUT2D eigenvalue weighted by Crippen LogP contribution is 2.16. The molecule has 2 aromatic rings. The van der Waals surface area contributed by atoms with Gasteiger partial charge in [-0.1, -0.05) is 44.5 Å². The van der Waals surface area contributed by atoms with E-state index in [-0.39, 0.29) is 6.04 Å². The molecule has 0 radical (unpaired) electrons. The van der Waals surface area contributed by atoms with Crippen molar-refractivity contribution in [3.63, 3.8) is 0 Å². The molecule has 1 aromatic heterocycles. The zero-order valence-electron chi connectivity index (χ0n) is 11.3. The largest absolute Gasteiger partial charge is 0.327 e. The van der Waals surface area contributed by atoms with E-state index < -0.39 is 0 Å². The van der Waals surface area contributed by atoms with Gasteiger partial charge in [-0.3, -0.25) is 4.98 Å². The summed E-state index contributed by atoms with van der Waals surface area (Å²) < 4.78 is 0. The number of pyridine rings is 1. The zero-order chi connectivity index (χ0) is 13.0.